The summed E-state index contributed by atoms with van der Waals surface area (Å²) in [5.41, 5.74) is 0.217. The third-order valence-corrected chi connectivity index (χ3v) is 3.70. The van der Waals surface area contributed by atoms with Crippen LogP contribution < -0.4 is 0 Å². The van der Waals surface area contributed by atoms with Gasteiger partial charge >= 0.3 is 5.97 Å². The standard InChI is InChI=1S/C16H16N2O3/c1-11(18)13(9-17)14(19)10-21-15(20)16(7-8-16)12-5-3-2-4-6-12/h2-6,13,18H,7-8,10H2,1H3. The van der Waals surface area contributed by atoms with Gasteiger partial charge < -0.3 is 10.1 Å². The van der Waals surface area contributed by atoms with Crippen LogP contribution in [0.2, 0.25) is 0 Å². The average molecular weight is 284 g/mol. The van der Waals surface area contributed by atoms with Gasteiger partial charge in [-0.15, -0.1) is 0 Å². The Labute approximate surface area is 123 Å². The van der Waals surface area contributed by atoms with Gasteiger partial charge in [-0.1, -0.05) is 30.3 Å². The predicted molar refractivity (Wildman–Crippen MR) is 75.8 cm³/mol. The smallest absolute Gasteiger partial charge is 0.316 e. The number of nitrogens with one attached hydrogen (secondary N) is 1. The largest absolute Gasteiger partial charge is 0.457 e. The molecule has 0 aliphatic heterocycles. The molecule has 1 N–H and O–H groups in total. The lowest BCUT2D eigenvalue weighted by molar-refractivity contribution is -0.150. The second-order valence-electron chi connectivity index (χ2n) is 5.24. The molecule has 1 aliphatic rings. The molecule has 108 valence electrons. The number of ether oxygens (including phenoxy) is 1. The van der Waals surface area contributed by atoms with Crippen LogP contribution in [-0.2, 0) is 19.7 Å². The Morgan fingerprint density at radius 1 is 1.38 bits per heavy atom. The molecule has 1 aromatic rings. The normalized spacial score (nSPS) is 16.4. The van der Waals surface area contributed by atoms with Gasteiger partial charge in [-0.3, -0.25) is 9.59 Å². The molecule has 5 nitrogen and oxygen atoms in total. The van der Waals surface area contributed by atoms with Gasteiger partial charge in [0.2, 0.25) is 0 Å². The van der Waals surface area contributed by atoms with Crippen molar-refractivity contribution in [3.8, 4) is 6.07 Å². The monoisotopic (exact) mass is 284 g/mol. The Morgan fingerprint density at radius 2 is 2.00 bits per heavy atom. The quantitative estimate of drug-likeness (QED) is 0.639. The van der Waals surface area contributed by atoms with Crippen LogP contribution >= 0.6 is 0 Å². The number of nitriles is 1. The van der Waals surface area contributed by atoms with Crippen LogP contribution in [0.5, 0.6) is 0 Å². The van der Waals surface area contributed by atoms with E-state index in [-0.39, 0.29) is 5.71 Å². The number of carbonyl (C=O) groups is 2. The molecule has 1 atom stereocenters. The topological polar surface area (TPSA) is 91.0 Å². The van der Waals surface area contributed by atoms with Crippen LogP contribution in [0.4, 0.5) is 0 Å². The van der Waals surface area contributed by atoms with E-state index in [1.807, 2.05) is 30.3 Å². The summed E-state index contributed by atoms with van der Waals surface area (Å²) in [6.45, 7) is 0.932. The second kappa shape index (κ2) is 5.88. The number of hydrogen-bond donors (Lipinski definition) is 1. The Bertz CT molecular complexity index is 612. The molecule has 0 amide bonds. The van der Waals surface area contributed by atoms with Crippen molar-refractivity contribution >= 4 is 17.5 Å². The maximum Gasteiger partial charge on any atom is 0.316 e. The first-order valence-electron chi connectivity index (χ1n) is 6.71. The van der Waals surface area contributed by atoms with Crippen molar-refractivity contribution in [2.24, 2.45) is 5.92 Å². The zero-order valence-corrected chi connectivity index (χ0v) is 11.8. The third-order valence-electron chi connectivity index (χ3n) is 3.70. The summed E-state index contributed by atoms with van der Waals surface area (Å²) in [5, 5.41) is 16.2. The number of Topliss-reactive ketones (excluding diaryl/α,β-unsaturated/α-hetero) is 1. The lowest BCUT2D eigenvalue weighted by atomic mass is 9.96. The SMILES string of the molecule is CC(=N)C(C#N)C(=O)COC(=O)C1(c2ccccc2)CC1. The molecule has 0 saturated heterocycles. The maximum absolute atomic E-state index is 12.2. The van der Waals surface area contributed by atoms with E-state index in [4.69, 9.17) is 15.4 Å². The third kappa shape index (κ3) is 3.00. The molecular weight excluding hydrogens is 268 g/mol. The van der Waals surface area contributed by atoms with E-state index < -0.39 is 29.7 Å². The van der Waals surface area contributed by atoms with Gasteiger partial charge in [-0.2, -0.15) is 5.26 Å². The average Bonchev–Trinajstić information content (AvgIpc) is 3.27. The highest BCUT2D eigenvalue weighted by Crippen LogP contribution is 2.49. The lowest BCUT2D eigenvalue weighted by Gasteiger charge is -2.15. The van der Waals surface area contributed by atoms with Crippen molar-refractivity contribution in [2.45, 2.75) is 25.2 Å². The predicted octanol–water partition coefficient (Wildman–Crippen LogP) is 2.01. The fraction of sp³-hybridized carbons (Fsp3) is 0.375. The summed E-state index contributed by atoms with van der Waals surface area (Å²) in [6, 6.07) is 11.1. The summed E-state index contributed by atoms with van der Waals surface area (Å²) in [6.07, 6.45) is 1.41. The van der Waals surface area contributed by atoms with E-state index in [9.17, 15) is 9.59 Å². The first-order chi connectivity index (χ1) is 10.0. The minimum atomic E-state index is -1.13. The first kappa shape index (κ1) is 14.9. The van der Waals surface area contributed by atoms with Crippen molar-refractivity contribution in [1.82, 2.24) is 0 Å². The van der Waals surface area contributed by atoms with Gasteiger partial charge in [0.15, 0.2) is 12.4 Å². The molecule has 0 aromatic heterocycles. The van der Waals surface area contributed by atoms with Gasteiger partial charge in [0.05, 0.1) is 11.5 Å². The molecule has 0 bridgehead atoms. The molecule has 21 heavy (non-hydrogen) atoms. The van der Waals surface area contributed by atoms with E-state index in [0.717, 1.165) is 5.56 Å². The van der Waals surface area contributed by atoms with E-state index in [1.165, 1.54) is 6.92 Å². The zero-order chi connectivity index (χ0) is 15.5. The van der Waals surface area contributed by atoms with E-state index in [2.05, 4.69) is 0 Å². The van der Waals surface area contributed by atoms with Crippen LogP contribution in [0.3, 0.4) is 0 Å². The number of esters is 1. The molecule has 5 heteroatoms. The van der Waals surface area contributed by atoms with E-state index in [1.54, 1.807) is 6.07 Å². The Balaban J connectivity index is 1.99. The highest BCUT2D eigenvalue weighted by molar-refractivity contribution is 6.06. The number of nitrogens with zero attached hydrogens (tertiary/aromatic N) is 1. The van der Waals surface area contributed by atoms with E-state index in [0.29, 0.717) is 12.8 Å². The maximum atomic E-state index is 12.2. The van der Waals surface area contributed by atoms with Crippen LogP contribution in [0.15, 0.2) is 30.3 Å². The lowest BCUT2D eigenvalue weighted by Crippen LogP contribution is -2.29. The fourth-order valence-electron chi connectivity index (χ4n) is 2.26. The first-order valence-corrected chi connectivity index (χ1v) is 6.71. The fourth-order valence-corrected chi connectivity index (χ4v) is 2.26. The van der Waals surface area contributed by atoms with Crippen molar-refractivity contribution in [1.29, 1.82) is 10.7 Å². The molecule has 1 saturated carbocycles. The minimum Gasteiger partial charge on any atom is -0.457 e. The minimum absolute atomic E-state index is 0.0391. The highest BCUT2D eigenvalue weighted by Gasteiger charge is 2.52. The molecule has 1 unspecified atom stereocenters. The van der Waals surface area contributed by atoms with Crippen LogP contribution in [0, 0.1) is 22.7 Å². The summed E-state index contributed by atoms with van der Waals surface area (Å²) >= 11 is 0. The van der Waals surface area contributed by atoms with Crippen molar-refractivity contribution in [2.75, 3.05) is 6.61 Å². The van der Waals surface area contributed by atoms with Gasteiger partial charge in [0.25, 0.3) is 0 Å². The second-order valence-corrected chi connectivity index (χ2v) is 5.24. The van der Waals surface area contributed by atoms with Crippen molar-refractivity contribution in [3.63, 3.8) is 0 Å². The van der Waals surface area contributed by atoms with Crippen LogP contribution in [0.25, 0.3) is 0 Å². The summed E-state index contributed by atoms with van der Waals surface area (Å²) in [5.74, 6) is -2.12. The Morgan fingerprint density at radius 3 is 2.48 bits per heavy atom. The molecule has 1 fully saturated rings. The van der Waals surface area contributed by atoms with Crippen LogP contribution in [-0.4, -0.2) is 24.1 Å². The number of hydrogen-bond acceptors (Lipinski definition) is 5. The molecule has 1 aliphatic carbocycles. The van der Waals surface area contributed by atoms with Gasteiger partial charge in [0, 0.05) is 5.71 Å². The zero-order valence-electron chi connectivity index (χ0n) is 11.8. The summed E-state index contributed by atoms with van der Waals surface area (Å²) in [4.78, 5) is 24.0. The molecular formula is C16H16N2O3. The molecule has 0 heterocycles. The molecule has 0 radical (unpaired) electrons. The Kier molecular flexibility index (Phi) is 4.18. The summed E-state index contributed by atoms with van der Waals surface area (Å²) in [7, 11) is 0. The Hall–Kier alpha value is -2.48. The molecule has 2 rings (SSSR count). The van der Waals surface area contributed by atoms with Gasteiger partial charge in [0.1, 0.15) is 5.92 Å². The van der Waals surface area contributed by atoms with E-state index >= 15 is 0 Å². The van der Waals surface area contributed by atoms with Crippen LogP contribution in [0.1, 0.15) is 25.3 Å². The van der Waals surface area contributed by atoms with Crippen molar-refractivity contribution in [3.05, 3.63) is 35.9 Å². The summed E-state index contributed by atoms with van der Waals surface area (Å²) < 4.78 is 5.08. The number of rotatable bonds is 6. The number of benzene rings is 1. The van der Waals surface area contributed by atoms with Gasteiger partial charge in [-0.05, 0) is 25.3 Å². The number of ketones is 1. The van der Waals surface area contributed by atoms with Crippen molar-refractivity contribution < 1.29 is 14.3 Å². The molecule has 0 spiro atoms. The molecule has 1 aromatic carbocycles. The highest BCUT2D eigenvalue weighted by atomic mass is 16.5. The number of carbonyl (C=O) groups excluding carboxylic acids is 2. The van der Waals surface area contributed by atoms with Gasteiger partial charge in [-0.25, -0.2) is 0 Å².